The first-order valence-corrected chi connectivity index (χ1v) is 11.1. The normalized spacial score (nSPS) is 23.5. The van der Waals surface area contributed by atoms with E-state index in [0.717, 1.165) is 24.3 Å². The Labute approximate surface area is 176 Å². The van der Waals surface area contributed by atoms with Crippen LogP contribution in [0.1, 0.15) is 90.2 Å². The summed E-state index contributed by atoms with van der Waals surface area (Å²) in [5.41, 5.74) is 13.4. The molecule has 1 aliphatic heterocycles. The van der Waals surface area contributed by atoms with Crippen LogP contribution in [0.3, 0.4) is 0 Å². The second-order valence-corrected chi connectivity index (χ2v) is 9.95. The van der Waals surface area contributed by atoms with Crippen molar-refractivity contribution in [3.05, 3.63) is 52.9 Å². The molecular weight excluding hydrogens is 358 g/mol. The maximum Gasteiger partial charge on any atom is 0.123 e. The Bertz CT molecular complexity index is 791. The molecule has 0 fully saturated rings. The van der Waals surface area contributed by atoms with Gasteiger partial charge in [-0.3, -0.25) is 5.84 Å². The van der Waals surface area contributed by atoms with E-state index in [2.05, 4.69) is 64.3 Å². The van der Waals surface area contributed by atoms with Gasteiger partial charge in [-0.25, -0.2) is 0 Å². The third-order valence-corrected chi connectivity index (χ3v) is 7.02. The molecule has 2 unspecified atom stereocenters. The van der Waals surface area contributed by atoms with Crippen molar-refractivity contribution in [2.45, 2.75) is 90.1 Å². The van der Waals surface area contributed by atoms with Crippen LogP contribution in [0, 0.1) is 5.92 Å². The fraction of sp³-hybridized carbons (Fsp3) is 0.600. The highest BCUT2D eigenvalue weighted by Gasteiger charge is 2.45. The first kappa shape index (κ1) is 21.8. The third kappa shape index (κ3) is 4.48. The van der Waals surface area contributed by atoms with Gasteiger partial charge in [0.05, 0.1) is 5.70 Å². The van der Waals surface area contributed by atoms with Crippen LogP contribution in [0.15, 0.2) is 41.7 Å². The highest BCUT2D eigenvalue weighted by molar-refractivity contribution is 5.47. The maximum atomic E-state index is 6.59. The van der Waals surface area contributed by atoms with E-state index < -0.39 is 0 Å². The van der Waals surface area contributed by atoms with E-state index in [9.17, 15) is 0 Å². The maximum absolute atomic E-state index is 6.59. The molecule has 5 N–H and O–H groups in total. The fourth-order valence-corrected chi connectivity index (χ4v) is 5.08. The van der Waals surface area contributed by atoms with Crippen molar-refractivity contribution in [2.75, 3.05) is 0 Å². The summed E-state index contributed by atoms with van der Waals surface area (Å²) < 4.78 is 6.59. The SMILES string of the molecule is CCCCCC(C)(C)c1ccc2c(c1)OC(C)(C)C1CC=C(/C(N)=C/NN)CC21. The van der Waals surface area contributed by atoms with Gasteiger partial charge >= 0.3 is 0 Å². The standard InChI is InChI=1S/C25H39N3O/c1-6-7-8-13-24(2,3)18-10-11-19-20-14-17(22(26)16-28-27)9-12-21(20)25(4,5)29-23(19)15-18/h9-11,15-16,20-21,28H,6-8,12-14,26-27H2,1-5H3/b22-16-. The smallest absolute Gasteiger partial charge is 0.123 e. The van der Waals surface area contributed by atoms with E-state index in [-0.39, 0.29) is 11.0 Å². The Kier molecular flexibility index (Phi) is 6.33. The molecule has 29 heavy (non-hydrogen) atoms. The minimum absolute atomic E-state index is 0.159. The van der Waals surface area contributed by atoms with Crippen molar-refractivity contribution < 1.29 is 4.74 Å². The molecule has 2 atom stereocenters. The molecule has 0 bridgehead atoms. The first-order valence-electron chi connectivity index (χ1n) is 11.1. The van der Waals surface area contributed by atoms with E-state index in [1.54, 1.807) is 6.20 Å². The molecule has 1 aliphatic carbocycles. The summed E-state index contributed by atoms with van der Waals surface area (Å²) in [6, 6.07) is 6.93. The van der Waals surface area contributed by atoms with Gasteiger partial charge < -0.3 is 15.9 Å². The van der Waals surface area contributed by atoms with Gasteiger partial charge in [0.1, 0.15) is 11.4 Å². The van der Waals surface area contributed by atoms with Gasteiger partial charge in [0.25, 0.3) is 0 Å². The molecule has 160 valence electrons. The molecule has 4 heteroatoms. The van der Waals surface area contributed by atoms with Crippen LogP contribution in [-0.2, 0) is 5.41 Å². The second-order valence-electron chi connectivity index (χ2n) is 9.95. The van der Waals surface area contributed by atoms with E-state index in [0.29, 0.717) is 11.8 Å². The fourth-order valence-electron chi connectivity index (χ4n) is 5.08. The van der Waals surface area contributed by atoms with Gasteiger partial charge in [0.15, 0.2) is 0 Å². The Morgan fingerprint density at radius 1 is 1.31 bits per heavy atom. The summed E-state index contributed by atoms with van der Waals surface area (Å²) in [6.45, 7) is 11.4. The van der Waals surface area contributed by atoms with Crippen LogP contribution in [0.25, 0.3) is 0 Å². The molecule has 0 saturated carbocycles. The van der Waals surface area contributed by atoms with Gasteiger partial charge in [0, 0.05) is 12.1 Å². The number of rotatable bonds is 7. The number of hydrogen-bond donors (Lipinski definition) is 3. The summed E-state index contributed by atoms with van der Waals surface area (Å²) >= 11 is 0. The molecular formula is C25H39N3O. The summed E-state index contributed by atoms with van der Waals surface area (Å²) in [7, 11) is 0. The zero-order chi connectivity index (χ0) is 21.2. The van der Waals surface area contributed by atoms with Crippen molar-refractivity contribution in [3.8, 4) is 5.75 Å². The molecule has 2 aliphatic rings. The van der Waals surface area contributed by atoms with Gasteiger partial charge in [0.2, 0.25) is 0 Å². The van der Waals surface area contributed by atoms with Crippen LogP contribution in [0.5, 0.6) is 5.75 Å². The predicted molar refractivity (Wildman–Crippen MR) is 121 cm³/mol. The Balaban J connectivity index is 1.92. The zero-order valence-corrected chi connectivity index (χ0v) is 18.8. The van der Waals surface area contributed by atoms with Crippen molar-refractivity contribution in [1.82, 2.24) is 5.43 Å². The molecule has 0 amide bonds. The van der Waals surface area contributed by atoms with Crippen LogP contribution < -0.4 is 21.7 Å². The predicted octanol–water partition coefficient (Wildman–Crippen LogP) is 5.40. The summed E-state index contributed by atoms with van der Waals surface area (Å²) in [6.07, 6.45) is 10.9. The number of ether oxygens (including phenoxy) is 1. The van der Waals surface area contributed by atoms with Gasteiger partial charge in [-0.15, -0.1) is 0 Å². The number of unbranched alkanes of at least 4 members (excludes halogenated alkanes) is 2. The monoisotopic (exact) mass is 397 g/mol. The lowest BCUT2D eigenvalue weighted by Gasteiger charge is -2.47. The Morgan fingerprint density at radius 3 is 2.76 bits per heavy atom. The first-order chi connectivity index (χ1) is 13.7. The number of nitrogens with two attached hydrogens (primary N) is 2. The minimum Gasteiger partial charge on any atom is -0.487 e. The van der Waals surface area contributed by atoms with E-state index >= 15 is 0 Å². The van der Waals surface area contributed by atoms with Gasteiger partial charge in [-0.2, -0.15) is 0 Å². The van der Waals surface area contributed by atoms with E-state index in [1.807, 2.05) is 0 Å². The number of hydrogen-bond acceptors (Lipinski definition) is 4. The third-order valence-electron chi connectivity index (χ3n) is 7.02. The molecule has 0 aromatic heterocycles. The number of nitrogens with one attached hydrogen (secondary N) is 1. The molecule has 3 rings (SSSR count). The highest BCUT2D eigenvalue weighted by atomic mass is 16.5. The highest BCUT2D eigenvalue weighted by Crippen LogP contribution is 2.52. The minimum atomic E-state index is -0.199. The number of hydrazine groups is 1. The lowest BCUT2D eigenvalue weighted by atomic mass is 9.66. The molecule has 0 saturated heterocycles. The quantitative estimate of drug-likeness (QED) is 0.327. The van der Waals surface area contributed by atoms with Crippen molar-refractivity contribution in [2.24, 2.45) is 17.5 Å². The molecule has 0 spiro atoms. The topological polar surface area (TPSA) is 73.3 Å². The molecule has 1 heterocycles. The number of benzene rings is 1. The van der Waals surface area contributed by atoms with Crippen LogP contribution in [-0.4, -0.2) is 5.60 Å². The van der Waals surface area contributed by atoms with Crippen molar-refractivity contribution in [3.63, 3.8) is 0 Å². The zero-order valence-electron chi connectivity index (χ0n) is 18.8. The average Bonchev–Trinajstić information content (AvgIpc) is 2.67. The molecule has 4 nitrogen and oxygen atoms in total. The Hall–Kier alpha value is -1.94. The van der Waals surface area contributed by atoms with Crippen LogP contribution in [0.4, 0.5) is 0 Å². The van der Waals surface area contributed by atoms with E-state index in [4.69, 9.17) is 16.3 Å². The summed E-state index contributed by atoms with van der Waals surface area (Å²) in [5.74, 6) is 7.35. The van der Waals surface area contributed by atoms with Crippen molar-refractivity contribution >= 4 is 0 Å². The summed E-state index contributed by atoms with van der Waals surface area (Å²) in [5, 5.41) is 0. The van der Waals surface area contributed by atoms with Crippen molar-refractivity contribution in [1.29, 1.82) is 0 Å². The molecule has 1 aromatic carbocycles. The Morgan fingerprint density at radius 2 is 2.07 bits per heavy atom. The number of allylic oxidation sites excluding steroid dienone is 2. The van der Waals surface area contributed by atoms with Gasteiger partial charge in [-0.1, -0.05) is 58.2 Å². The van der Waals surface area contributed by atoms with Crippen LogP contribution >= 0.6 is 0 Å². The summed E-state index contributed by atoms with van der Waals surface area (Å²) in [4.78, 5) is 0. The van der Waals surface area contributed by atoms with Gasteiger partial charge in [-0.05, 0) is 67.2 Å². The average molecular weight is 398 g/mol. The molecule has 0 radical (unpaired) electrons. The largest absolute Gasteiger partial charge is 0.487 e. The van der Waals surface area contributed by atoms with Crippen LogP contribution in [0.2, 0.25) is 0 Å². The lowest BCUT2D eigenvalue weighted by molar-refractivity contribution is 0.00850. The molecule has 1 aromatic rings. The lowest BCUT2D eigenvalue weighted by Crippen LogP contribution is -2.45. The number of fused-ring (bicyclic) bond motifs is 3. The van der Waals surface area contributed by atoms with E-state index in [1.165, 1.54) is 42.4 Å². The second kappa shape index (κ2) is 8.43.